The summed E-state index contributed by atoms with van der Waals surface area (Å²) in [6.07, 6.45) is -4.10. The summed E-state index contributed by atoms with van der Waals surface area (Å²) >= 11 is 5.44. The van der Waals surface area contributed by atoms with Crippen LogP contribution in [0.1, 0.15) is 25.8 Å². The Bertz CT molecular complexity index is 571. The minimum atomic E-state index is -4.69. The van der Waals surface area contributed by atoms with E-state index >= 15 is 0 Å². The Balaban J connectivity index is 3.02. The number of benzene rings is 1. The fourth-order valence-electron chi connectivity index (χ4n) is 1.45. The summed E-state index contributed by atoms with van der Waals surface area (Å²) in [5.41, 5.74) is -1.16. The van der Waals surface area contributed by atoms with Crippen molar-refractivity contribution in [3.8, 4) is 0 Å². The van der Waals surface area contributed by atoms with Crippen molar-refractivity contribution in [2.45, 2.75) is 31.3 Å². The molecule has 0 aromatic heterocycles. The van der Waals surface area contributed by atoms with Crippen LogP contribution in [0.4, 0.5) is 13.2 Å². The molecule has 0 saturated carbocycles. The number of hydrogen-bond donors (Lipinski definition) is 1. The Kier molecular flexibility index (Phi) is 5.46. The van der Waals surface area contributed by atoms with Gasteiger partial charge in [-0.05, 0) is 30.5 Å². The minimum Gasteiger partial charge on any atom is -0.211 e. The smallest absolute Gasteiger partial charge is 0.211 e. The average Bonchev–Trinajstić information content (AvgIpc) is 2.26. The Hall–Kier alpha value is -0.790. The molecule has 0 unspecified atom stereocenters. The molecule has 3 nitrogen and oxygen atoms in total. The summed E-state index contributed by atoms with van der Waals surface area (Å²) in [6.45, 7) is 4.00. The van der Waals surface area contributed by atoms with E-state index in [1.165, 1.54) is 0 Å². The molecule has 1 aromatic rings. The van der Waals surface area contributed by atoms with E-state index in [1.54, 1.807) is 0 Å². The van der Waals surface area contributed by atoms with E-state index in [1.807, 2.05) is 13.8 Å². The highest BCUT2D eigenvalue weighted by Crippen LogP contribution is 2.35. The van der Waals surface area contributed by atoms with Gasteiger partial charge in [0, 0.05) is 6.54 Å². The maximum atomic E-state index is 12.7. The quantitative estimate of drug-likeness (QED) is 0.895. The summed E-state index contributed by atoms with van der Waals surface area (Å²) in [5.74, 6) is 0.286. The van der Waals surface area contributed by atoms with Crippen LogP contribution in [0.3, 0.4) is 0 Å². The van der Waals surface area contributed by atoms with Crippen LogP contribution in [0.15, 0.2) is 23.1 Å². The van der Waals surface area contributed by atoms with Crippen LogP contribution in [0.5, 0.6) is 0 Å². The van der Waals surface area contributed by atoms with Gasteiger partial charge in [0.2, 0.25) is 10.0 Å². The van der Waals surface area contributed by atoms with Crippen molar-refractivity contribution in [2.24, 2.45) is 5.92 Å². The molecule has 0 atom stereocenters. The predicted molar refractivity (Wildman–Crippen MR) is 71.1 cm³/mol. The standard InChI is InChI=1S/C12H15ClF3NO2S/c1-8(2)5-6-17-20(18,19)9-3-4-11(13)10(7-9)12(14,15)16/h3-4,7-8,17H,5-6H2,1-2H3. The first-order valence-electron chi connectivity index (χ1n) is 5.90. The molecule has 1 aromatic carbocycles. The lowest BCUT2D eigenvalue weighted by molar-refractivity contribution is -0.137. The molecule has 0 saturated heterocycles. The van der Waals surface area contributed by atoms with Gasteiger partial charge in [-0.1, -0.05) is 25.4 Å². The monoisotopic (exact) mass is 329 g/mol. The number of halogens is 4. The van der Waals surface area contributed by atoms with Crippen LogP contribution in [0.25, 0.3) is 0 Å². The van der Waals surface area contributed by atoms with E-state index in [4.69, 9.17) is 11.6 Å². The average molecular weight is 330 g/mol. The third-order valence-corrected chi connectivity index (χ3v) is 4.36. The van der Waals surface area contributed by atoms with Gasteiger partial charge in [-0.3, -0.25) is 0 Å². The largest absolute Gasteiger partial charge is 0.417 e. The summed E-state index contributed by atoms with van der Waals surface area (Å²) in [7, 11) is -3.96. The van der Waals surface area contributed by atoms with Crippen molar-refractivity contribution < 1.29 is 21.6 Å². The summed E-state index contributed by atoms with van der Waals surface area (Å²) in [4.78, 5) is -0.446. The van der Waals surface area contributed by atoms with Crippen LogP contribution in [-0.4, -0.2) is 15.0 Å². The van der Waals surface area contributed by atoms with Crippen molar-refractivity contribution in [1.82, 2.24) is 4.72 Å². The molecule has 0 aliphatic carbocycles. The van der Waals surface area contributed by atoms with Gasteiger partial charge in [0.05, 0.1) is 15.5 Å². The van der Waals surface area contributed by atoms with Gasteiger partial charge in [-0.15, -0.1) is 0 Å². The van der Waals surface area contributed by atoms with Crippen LogP contribution in [-0.2, 0) is 16.2 Å². The zero-order valence-electron chi connectivity index (χ0n) is 11.0. The van der Waals surface area contributed by atoms with E-state index in [0.717, 1.165) is 12.1 Å². The highest BCUT2D eigenvalue weighted by Gasteiger charge is 2.34. The number of alkyl halides is 3. The van der Waals surface area contributed by atoms with Gasteiger partial charge >= 0.3 is 6.18 Å². The Labute approximate surface area is 121 Å². The third kappa shape index (κ3) is 4.64. The van der Waals surface area contributed by atoms with Crippen LogP contribution < -0.4 is 4.72 Å². The third-order valence-electron chi connectivity index (χ3n) is 2.57. The summed E-state index contributed by atoms with van der Waals surface area (Å²) < 4.78 is 64.1. The van der Waals surface area contributed by atoms with Crippen LogP contribution in [0, 0.1) is 5.92 Å². The fraction of sp³-hybridized carbons (Fsp3) is 0.500. The highest BCUT2D eigenvalue weighted by molar-refractivity contribution is 7.89. The number of hydrogen-bond acceptors (Lipinski definition) is 2. The Morgan fingerprint density at radius 1 is 1.30 bits per heavy atom. The first kappa shape index (κ1) is 17.3. The number of rotatable bonds is 5. The molecule has 8 heteroatoms. The molecule has 0 heterocycles. The van der Waals surface area contributed by atoms with Gasteiger partial charge < -0.3 is 0 Å². The number of nitrogens with one attached hydrogen (secondary N) is 1. The molecule has 0 fully saturated rings. The molecular formula is C12H15ClF3NO2S. The summed E-state index contributed by atoms with van der Waals surface area (Å²) in [5, 5.41) is -0.529. The van der Waals surface area contributed by atoms with Crippen molar-refractivity contribution in [2.75, 3.05) is 6.54 Å². The van der Waals surface area contributed by atoms with Crippen molar-refractivity contribution >= 4 is 21.6 Å². The lowest BCUT2D eigenvalue weighted by Gasteiger charge is -2.12. The van der Waals surface area contributed by atoms with E-state index in [0.29, 0.717) is 12.5 Å². The second kappa shape index (κ2) is 6.32. The maximum absolute atomic E-state index is 12.7. The van der Waals surface area contributed by atoms with E-state index in [-0.39, 0.29) is 12.5 Å². The lowest BCUT2D eigenvalue weighted by atomic mass is 10.1. The first-order chi connectivity index (χ1) is 9.04. The molecule has 1 rings (SSSR count). The molecule has 0 aliphatic heterocycles. The molecular weight excluding hydrogens is 315 g/mol. The van der Waals surface area contributed by atoms with Crippen LogP contribution in [0.2, 0.25) is 5.02 Å². The molecule has 1 N–H and O–H groups in total. The lowest BCUT2D eigenvalue weighted by Crippen LogP contribution is -2.26. The molecule has 0 bridgehead atoms. The molecule has 0 amide bonds. The zero-order chi connectivity index (χ0) is 15.6. The van der Waals surface area contributed by atoms with Crippen molar-refractivity contribution in [1.29, 1.82) is 0 Å². The van der Waals surface area contributed by atoms with Gasteiger partial charge in [0.25, 0.3) is 0 Å². The number of sulfonamides is 1. The van der Waals surface area contributed by atoms with E-state index in [2.05, 4.69) is 4.72 Å². The second-order valence-corrected chi connectivity index (χ2v) is 6.89. The molecule has 114 valence electrons. The predicted octanol–water partition coefficient (Wildman–Crippen LogP) is 3.68. The minimum absolute atomic E-state index is 0.171. The zero-order valence-corrected chi connectivity index (χ0v) is 12.5. The van der Waals surface area contributed by atoms with Gasteiger partial charge in [0.1, 0.15) is 0 Å². The maximum Gasteiger partial charge on any atom is 0.417 e. The molecule has 0 spiro atoms. The molecule has 0 aliphatic rings. The Morgan fingerprint density at radius 2 is 1.90 bits per heavy atom. The van der Waals surface area contributed by atoms with Crippen molar-refractivity contribution in [3.63, 3.8) is 0 Å². The van der Waals surface area contributed by atoms with E-state index < -0.39 is 31.7 Å². The normalized spacial score (nSPS) is 12.9. The molecule has 20 heavy (non-hydrogen) atoms. The van der Waals surface area contributed by atoms with Gasteiger partial charge in [-0.25, -0.2) is 13.1 Å². The van der Waals surface area contributed by atoms with Gasteiger partial charge in [0.15, 0.2) is 0 Å². The second-order valence-electron chi connectivity index (χ2n) is 4.72. The molecule has 0 radical (unpaired) electrons. The van der Waals surface area contributed by atoms with Crippen molar-refractivity contribution in [3.05, 3.63) is 28.8 Å². The fourth-order valence-corrected chi connectivity index (χ4v) is 2.75. The topological polar surface area (TPSA) is 46.2 Å². The SMILES string of the molecule is CC(C)CCNS(=O)(=O)c1ccc(Cl)c(C(F)(F)F)c1. The van der Waals surface area contributed by atoms with E-state index in [9.17, 15) is 21.6 Å². The first-order valence-corrected chi connectivity index (χ1v) is 7.76. The highest BCUT2D eigenvalue weighted by atomic mass is 35.5. The van der Waals surface area contributed by atoms with Gasteiger partial charge in [-0.2, -0.15) is 13.2 Å². The summed E-state index contributed by atoms with van der Waals surface area (Å²) in [6, 6.07) is 2.52. The Morgan fingerprint density at radius 3 is 2.40 bits per heavy atom. The van der Waals surface area contributed by atoms with Crippen LogP contribution >= 0.6 is 11.6 Å².